The molecule has 0 saturated heterocycles. The molecule has 2 unspecified atom stereocenters. The van der Waals surface area contributed by atoms with Crippen LogP contribution in [0.1, 0.15) is 97.1 Å². The Morgan fingerprint density at radius 3 is 1.95 bits per heavy atom. The standard InChI is InChI=1S/C18H26O4/c1-5-7-11(3)13-9-10-14(17(19)20)16(18(21)22)15(13)12(4)8-6-2/h9-12H,5-8H2,1-4H3,(H,19,20)(H,21,22). The van der Waals surface area contributed by atoms with Crippen LogP contribution in [-0.2, 0) is 0 Å². The molecule has 122 valence electrons. The van der Waals surface area contributed by atoms with Crippen LogP contribution in [0.5, 0.6) is 0 Å². The van der Waals surface area contributed by atoms with E-state index in [0.29, 0.717) is 5.56 Å². The lowest BCUT2D eigenvalue weighted by Gasteiger charge is -2.23. The Bertz CT molecular complexity index is 548. The average molecular weight is 306 g/mol. The maximum Gasteiger partial charge on any atom is 0.336 e. The van der Waals surface area contributed by atoms with Gasteiger partial charge in [0.1, 0.15) is 0 Å². The molecule has 1 aromatic carbocycles. The van der Waals surface area contributed by atoms with Crippen LogP contribution in [0, 0.1) is 0 Å². The molecule has 0 heterocycles. The van der Waals surface area contributed by atoms with Gasteiger partial charge in [0.15, 0.2) is 0 Å². The Balaban J connectivity index is 3.61. The second kappa shape index (κ2) is 7.97. The van der Waals surface area contributed by atoms with E-state index in [1.165, 1.54) is 6.07 Å². The van der Waals surface area contributed by atoms with Crippen molar-refractivity contribution >= 4 is 11.9 Å². The van der Waals surface area contributed by atoms with Gasteiger partial charge in [0.25, 0.3) is 0 Å². The summed E-state index contributed by atoms with van der Waals surface area (Å²) < 4.78 is 0. The van der Waals surface area contributed by atoms with E-state index in [1.54, 1.807) is 6.07 Å². The maximum atomic E-state index is 11.7. The molecule has 0 aliphatic rings. The summed E-state index contributed by atoms with van der Waals surface area (Å²) in [6.07, 6.45) is 3.73. The van der Waals surface area contributed by atoms with E-state index in [0.717, 1.165) is 31.2 Å². The number of hydrogen-bond acceptors (Lipinski definition) is 2. The number of rotatable bonds is 8. The zero-order valence-electron chi connectivity index (χ0n) is 13.8. The molecule has 0 spiro atoms. The molecule has 0 radical (unpaired) electrons. The Hall–Kier alpha value is -1.84. The molecule has 0 fully saturated rings. The van der Waals surface area contributed by atoms with Crippen molar-refractivity contribution in [1.29, 1.82) is 0 Å². The maximum absolute atomic E-state index is 11.7. The van der Waals surface area contributed by atoms with E-state index in [-0.39, 0.29) is 23.0 Å². The lowest BCUT2D eigenvalue weighted by Crippen LogP contribution is -2.16. The van der Waals surface area contributed by atoms with Gasteiger partial charge in [-0.2, -0.15) is 0 Å². The number of hydrogen-bond donors (Lipinski definition) is 2. The van der Waals surface area contributed by atoms with Crippen molar-refractivity contribution in [2.75, 3.05) is 0 Å². The van der Waals surface area contributed by atoms with Crippen molar-refractivity contribution < 1.29 is 19.8 Å². The topological polar surface area (TPSA) is 74.6 Å². The number of carboxylic acids is 2. The minimum atomic E-state index is -1.18. The highest BCUT2D eigenvalue weighted by atomic mass is 16.4. The van der Waals surface area contributed by atoms with Crippen LogP contribution in [-0.4, -0.2) is 22.2 Å². The molecule has 1 aromatic rings. The second-order valence-corrected chi connectivity index (χ2v) is 5.98. The highest BCUT2D eigenvalue weighted by Crippen LogP contribution is 2.35. The molecule has 0 aliphatic carbocycles. The average Bonchev–Trinajstić information content (AvgIpc) is 2.45. The molecule has 0 saturated carbocycles. The highest BCUT2D eigenvalue weighted by molar-refractivity contribution is 6.03. The van der Waals surface area contributed by atoms with Gasteiger partial charge in [-0.25, -0.2) is 9.59 Å². The molecule has 4 nitrogen and oxygen atoms in total. The Morgan fingerprint density at radius 2 is 1.50 bits per heavy atom. The van der Waals surface area contributed by atoms with Crippen LogP contribution < -0.4 is 0 Å². The molecular formula is C18H26O4. The van der Waals surface area contributed by atoms with Crippen molar-refractivity contribution in [2.45, 2.75) is 65.2 Å². The third kappa shape index (κ3) is 3.87. The summed E-state index contributed by atoms with van der Waals surface area (Å²) in [7, 11) is 0. The Morgan fingerprint density at radius 1 is 0.955 bits per heavy atom. The van der Waals surface area contributed by atoms with Gasteiger partial charge >= 0.3 is 11.9 Å². The van der Waals surface area contributed by atoms with E-state index in [1.807, 2.05) is 13.8 Å². The van der Waals surface area contributed by atoms with Crippen molar-refractivity contribution in [1.82, 2.24) is 0 Å². The molecule has 0 aromatic heterocycles. The fourth-order valence-corrected chi connectivity index (χ4v) is 3.17. The zero-order valence-corrected chi connectivity index (χ0v) is 13.8. The van der Waals surface area contributed by atoms with E-state index < -0.39 is 11.9 Å². The predicted octanol–water partition coefficient (Wildman–Crippen LogP) is 4.89. The van der Waals surface area contributed by atoms with Gasteiger partial charge in [-0.05, 0) is 41.9 Å². The first-order valence-corrected chi connectivity index (χ1v) is 7.98. The van der Waals surface area contributed by atoms with E-state index >= 15 is 0 Å². The molecule has 2 atom stereocenters. The molecule has 0 amide bonds. The van der Waals surface area contributed by atoms with Crippen LogP contribution in [0.3, 0.4) is 0 Å². The number of carbonyl (C=O) groups is 2. The third-order valence-electron chi connectivity index (χ3n) is 4.19. The predicted molar refractivity (Wildman–Crippen MR) is 87.0 cm³/mol. The first kappa shape index (κ1) is 18.2. The Kier molecular flexibility index (Phi) is 6.60. The van der Waals surface area contributed by atoms with E-state index in [4.69, 9.17) is 0 Å². The molecule has 0 aliphatic heterocycles. The summed E-state index contributed by atoms with van der Waals surface area (Å²) in [5.74, 6) is -2.08. The van der Waals surface area contributed by atoms with Crippen molar-refractivity contribution in [3.8, 4) is 0 Å². The number of benzene rings is 1. The van der Waals surface area contributed by atoms with Gasteiger partial charge in [-0.1, -0.05) is 46.6 Å². The van der Waals surface area contributed by atoms with Crippen LogP contribution in [0.25, 0.3) is 0 Å². The van der Waals surface area contributed by atoms with Crippen LogP contribution in [0.15, 0.2) is 12.1 Å². The fraction of sp³-hybridized carbons (Fsp3) is 0.556. The van der Waals surface area contributed by atoms with E-state index in [9.17, 15) is 19.8 Å². The molecule has 0 bridgehead atoms. The normalized spacial score (nSPS) is 13.6. The molecule has 2 N–H and O–H groups in total. The molecule has 4 heteroatoms. The number of aromatic carboxylic acids is 2. The lowest BCUT2D eigenvalue weighted by atomic mass is 9.80. The lowest BCUT2D eigenvalue weighted by molar-refractivity contribution is 0.0650. The van der Waals surface area contributed by atoms with Crippen molar-refractivity contribution in [3.05, 3.63) is 34.4 Å². The van der Waals surface area contributed by atoms with Crippen molar-refractivity contribution in [3.63, 3.8) is 0 Å². The van der Waals surface area contributed by atoms with Crippen LogP contribution in [0.4, 0.5) is 0 Å². The summed E-state index contributed by atoms with van der Waals surface area (Å²) in [4.78, 5) is 23.1. The minimum absolute atomic E-state index is 0.0321. The molecular weight excluding hydrogens is 280 g/mol. The zero-order chi connectivity index (χ0) is 16.9. The second-order valence-electron chi connectivity index (χ2n) is 5.98. The van der Waals surface area contributed by atoms with E-state index in [2.05, 4.69) is 13.8 Å². The SMILES string of the molecule is CCCC(C)c1ccc(C(=O)O)c(C(=O)O)c1C(C)CCC. The van der Waals surface area contributed by atoms with Gasteiger partial charge in [0.05, 0.1) is 11.1 Å². The van der Waals surface area contributed by atoms with Gasteiger partial charge in [-0.15, -0.1) is 0 Å². The van der Waals surface area contributed by atoms with Crippen molar-refractivity contribution in [2.24, 2.45) is 0 Å². The van der Waals surface area contributed by atoms with Gasteiger partial charge in [-0.3, -0.25) is 0 Å². The summed E-state index contributed by atoms with van der Waals surface area (Å²) in [6, 6.07) is 3.24. The summed E-state index contributed by atoms with van der Waals surface area (Å²) in [6.45, 7) is 8.20. The van der Waals surface area contributed by atoms with Gasteiger partial charge in [0, 0.05) is 0 Å². The third-order valence-corrected chi connectivity index (χ3v) is 4.19. The number of carboxylic acid groups (broad SMARTS) is 2. The molecule has 22 heavy (non-hydrogen) atoms. The summed E-state index contributed by atoms with van der Waals surface area (Å²) >= 11 is 0. The monoisotopic (exact) mass is 306 g/mol. The fourth-order valence-electron chi connectivity index (χ4n) is 3.17. The summed E-state index contributed by atoms with van der Waals surface area (Å²) in [5, 5.41) is 18.9. The largest absolute Gasteiger partial charge is 0.478 e. The minimum Gasteiger partial charge on any atom is -0.478 e. The summed E-state index contributed by atoms with van der Waals surface area (Å²) in [5.41, 5.74) is 1.53. The first-order valence-electron chi connectivity index (χ1n) is 7.98. The quantitative estimate of drug-likeness (QED) is 0.717. The molecule has 1 rings (SSSR count). The van der Waals surface area contributed by atoms with Crippen LogP contribution >= 0.6 is 0 Å². The Labute approximate surface area is 132 Å². The first-order chi connectivity index (χ1) is 10.3. The van der Waals surface area contributed by atoms with Crippen LogP contribution in [0.2, 0.25) is 0 Å². The highest BCUT2D eigenvalue weighted by Gasteiger charge is 2.27. The van der Waals surface area contributed by atoms with Gasteiger partial charge in [0.2, 0.25) is 0 Å². The van der Waals surface area contributed by atoms with Gasteiger partial charge < -0.3 is 10.2 Å². The smallest absolute Gasteiger partial charge is 0.336 e.